The Morgan fingerprint density at radius 2 is 0.905 bits per heavy atom. The Labute approximate surface area is 142 Å². The molecule has 0 saturated heterocycles. The summed E-state index contributed by atoms with van der Waals surface area (Å²) in [6, 6.07) is 0. The van der Waals surface area contributed by atoms with Crippen molar-refractivity contribution in [2.45, 2.75) is 103 Å². The average molecular weight is 357 g/mol. The van der Waals surface area contributed by atoms with Crippen molar-refractivity contribution in [3.8, 4) is 0 Å². The molecule has 0 aliphatic carbocycles. The Balaban J connectivity index is 3.03. The third kappa shape index (κ3) is 20.0. The highest BCUT2D eigenvalue weighted by molar-refractivity contribution is 9.11. The van der Waals surface area contributed by atoms with Crippen molar-refractivity contribution < 1.29 is 0 Å². The summed E-state index contributed by atoms with van der Waals surface area (Å²) in [5.41, 5.74) is 0. The van der Waals surface area contributed by atoms with Crippen molar-refractivity contribution in [3.05, 3.63) is 23.2 Å². The molecule has 124 valence electrons. The Hall–Kier alpha value is -0.0400. The fourth-order valence-corrected chi connectivity index (χ4v) is 2.84. The van der Waals surface area contributed by atoms with E-state index in [1.54, 1.807) is 0 Å². The van der Waals surface area contributed by atoms with E-state index in [9.17, 15) is 0 Å². The summed E-state index contributed by atoms with van der Waals surface area (Å²) >= 11 is 3.31. The first-order valence-electron chi connectivity index (χ1n) is 9.32. The number of halogens is 1. The number of hydrogen-bond donors (Lipinski definition) is 0. The van der Waals surface area contributed by atoms with E-state index in [2.05, 4.69) is 41.1 Å². The third-order valence-electron chi connectivity index (χ3n) is 3.97. The van der Waals surface area contributed by atoms with E-state index >= 15 is 0 Å². The fourth-order valence-electron chi connectivity index (χ4n) is 2.57. The lowest BCUT2D eigenvalue weighted by Crippen LogP contribution is -1.81. The normalized spacial score (nSPS) is 11.9. The molecular formula is C20H37Br. The predicted molar refractivity (Wildman–Crippen MR) is 102 cm³/mol. The second-order valence-electron chi connectivity index (χ2n) is 6.09. The first-order valence-corrected chi connectivity index (χ1v) is 10.2. The Bertz CT molecular complexity index is 230. The number of allylic oxidation sites excluding steroid dienone is 3. The van der Waals surface area contributed by atoms with Crippen LogP contribution in [0, 0.1) is 0 Å². The van der Waals surface area contributed by atoms with Crippen molar-refractivity contribution in [1.82, 2.24) is 0 Å². The van der Waals surface area contributed by atoms with E-state index < -0.39 is 0 Å². The summed E-state index contributed by atoms with van der Waals surface area (Å²) in [6.45, 7) is 2.28. The summed E-state index contributed by atoms with van der Waals surface area (Å²) < 4.78 is 0. The molecule has 21 heavy (non-hydrogen) atoms. The van der Waals surface area contributed by atoms with E-state index in [1.807, 2.05) is 4.99 Å². The minimum Gasteiger partial charge on any atom is -0.0885 e. The van der Waals surface area contributed by atoms with Gasteiger partial charge in [-0.05, 0) is 43.5 Å². The molecule has 0 aromatic rings. The van der Waals surface area contributed by atoms with Crippen LogP contribution in [-0.2, 0) is 0 Å². The lowest BCUT2D eigenvalue weighted by Gasteiger charge is -2.00. The minimum atomic E-state index is 1.23. The van der Waals surface area contributed by atoms with E-state index in [0.717, 1.165) is 0 Å². The number of unbranched alkanes of at least 4 members (excludes halogenated alkanes) is 13. The molecule has 0 bridgehead atoms. The fraction of sp³-hybridized carbons (Fsp3) is 0.800. The van der Waals surface area contributed by atoms with Crippen LogP contribution in [0.15, 0.2) is 23.2 Å². The van der Waals surface area contributed by atoms with E-state index in [4.69, 9.17) is 0 Å². The first-order chi connectivity index (χ1) is 10.4. The van der Waals surface area contributed by atoms with Crippen molar-refractivity contribution in [1.29, 1.82) is 0 Å². The van der Waals surface area contributed by atoms with Crippen molar-refractivity contribution in [2.24, 2.45) is 0 Å². The van der Waals surface area contributed by atoms with Gasteiger partial charge in [-0.1, -0.05) is 98.9 Å². The van der Waals surface area contributed by atoms with Crippen LogP contribution in [0.3, 0.4) is 0 Å². The van der Waals surface area contributed by atoms with E-state index in [-0.39, 0.29) is 0 Å². The number of hydrogen-bond acceptors (Lipinski definition) is 0. The zero-order valence-corrected chi connectivity index (χ0v) is 15.9. The monoisotopic (exact) mass is 356 g/mol. The highest BCUT2D eigenvalue weighted by Gasteiger charge is 1.91. The summed E-state index contributed by atoms with van der Waals surface area (Å²) in [5.74, 6) is 0. The molecular weight excluding hydrogens is 320 g/mol. The van der Waals surface area contributed by atoms with Gasteiger partial charge in [0.25, 0.3) is 0 Å². The van der Waals surface area contributed by atoms with Crippen LogP contribution >= 0.6 is 15.9 Å². The van der Waals surface area contributed by atoms with Crippen LogP contribution in [0.2, 0.25) is 0 Å². The highest BCUT2D eigenvalue weighted by Crippen LogP contribution is 2.11. The van der Waals surface area contributed by atoms with Crippen LogP contribution in [0.1, 0.15) is 103 Å². The molecule has 0 fully saturated rings. The highest BCUT2D eigenvalue weighted by atomic mass is 79.9. The maximum Gasteiger partial charge on any atom is -0.0229 e. The van der Waals surface area contributed by atoms with Crippen molar-refractivity contribution >= 4 is 15.9 Å². The molecule has 0 nitrogen and oxygen atoms in total. The molecule has 0 heterocycles. The zero-order valence-electron chi connectivity index (χ0n) is 14.3. The molecule has 0 aliphatic rings. The third-order valence-corrected chi connectivity index (χ3v) is 4.35. The van der Waals surface area contributed by atoms with E-state index in [0.29, 0.717) is 0 Å². The van der Waals surface area contributed by atoms with Gasteiger partial charge in [0.2, 0.25) is 0 Å². The molecule has 1 heteroatoms. The van der Waals surface area contributed by atoms with Gasteiger partial charge < -0.3 is 0 Å². The summed E-state index contributed by atoms with van der Waals surface area (Å²) in [4.78, 5) is 1.98. The molecule has 0 spiro atoms. The van der Waals surface area contributed by atoms with Crippen LogP contribution in [0.4, 0.5) is 0 Å². The molecule has 0 aromatic carbocycles. The summed E-state index contributed by atoms with van der Waals surface area (Å²) in [7, 11) is 0. The Morgan fingerprint density at radius 3 is 1.33 bits per heavy atom. The maximum atomic E-state index is 3.31. The maximum absolute atomic E-state index is 3.31. The van der Waals surface area contributed by atoms with E-state index in [1.165, 1.54) is 96.3 Å². The molecule has 0 saturated carbocycles. The Kier molecular flexibility index (Phi) is 19.9. The molecule has 0 aliphatic heterocycles. The van der Waals surface area contributed by atoms with Gasteiger partial charge in [0.15, 0.2) is 0 Å². The molecule has 0 N–H and O–H groups in total. The van der Waals surface area contributed by atoms with Crippen LogP contribution in [0.5, 0.6) is 0 Å². The Morgan fingerprint density at radius 1 is 0.524 bits per heavy atom. The second kappa shape index (κ2) is 20.0. The molecule has 0 rings (SSSR count). The van der Waals surface area contributed by atoms with Gasteiger partial charge in [-0.25, -0.2) is 0 Å². The zero-order chi connectivity index (χ0) is 15.4. The topological polar surface area (TPSA) is 0 Å². The minimum absolute atomic E-state index is 1.23. The lowest BCUT2D eigenvalue weighted by atomic mass is 10.1. The van der Waals surface area contributed by atoms with Gasteiger partial charge in [0.05, 0.1) is 0 Å². The molecule has 0 aromatic heterocycles. The van der Waals surface area contributed by atoms with Crippen LogP contribution < -0.4 is 0 Å². The average Bonchev–Trinajstić information content (AvgIpc) is 2.50. The van der Waals surface area contributed by atoms with Crippen LogP contribution in [-0.4, -0.2) is 0 Å². The molecule has 0 unspecified atom stereocenters. The van der Waals surface area contributed by atoms with Gasteiger partial charge in [-0.2, -0.15) is 0 Å². The van der Waals surface area contributed by atoms with Crippen LogP contribution in [0.25, 0.3) is 0 Å². The largest absolute Gasteiger partial charge is 0.0885 e. The van der Waals surface area contributed by atoms with Gasteiger partial charge in [-0.3, -0.25) is 0 Å². The van der Waals surface area contributed by atoms with Gasteiger partial charge in [0.1, 0.15) is 0 Å². The molecule has 0 amide bonds. The molecule has 0 radical (unpaired) electrons. The quantitative estimate of drug-likeness (QED) is 0.192. The summed E-state index contributed by atoms with van der Waals surface area (Å²) in [5, 5.41) is 0. The summed E-state index contributed by atoms with van der Waals surface area (Å²) in [6.07, 6.45) is 27.7. The smallest absolute Gasteiger partial charge is 0.0229 e. The predicted octanol–water partition coefficient (Wildman–Crippen LogP) is 8.32. The second-order valence-corrected chi connectivity index (χ2v) is 6.62. The SMILES string of the molecule is CCCCCCC=CCCCCCCCCCC/C=C\Br. The number of rotatable bonds is 16. The van der Waals surface area contributed by atoms with Crippen molar-refractivity contribution in [3.63, 3.8) is 0 Å². The van der Waals surface area contributed by atoms with Crippen molar-refractivity contribution in [2.75, 3.05) is 0 Å². The van der Waals surface area contributed by atoms with Gasteiger partial charge >= 0.3 is 0 Å². The first kappa shape index (κ1) is 21.0. The lowest BCUT2D eigenvalue weighted by molar-refractivity contribution is 0.571. The van der Waals surface area contributed by atoms with Gasteiger partial charge in [-0.15, -0.1) is 0 Å². The molecule has 0 atom stereocenters. The standard InChI is InChI=1S/C20H37Br/c1-2-3-4-5-6-7-8-9-10-11-12-13-14-15-16-17-18-19-20-21/h7-8,19-20H,2-6,9-18H2,1H3/b8-7?,20-19-. The van der Waals surface area contributed by atoms with Gasteiger partial charge in [0, 0.05) is 0 Å².